The summed E-state index contributed by atoms with van der Waals surface area (Å²) in [6.45, 7) is 8.98. The predicted octanol–water partition coefficient (Wildman–Crippen LogP) is 6.47. The third kappa shape index (κ3) is 4.46. The molecule has 0 spiro atoms. The Morgan fingerprint density at radius 2 is 1.23 bits per heavy atom. The second kappa shape index (κ2) is 7.79. The van der Waals surface area contributed by atoms with E-state index in [2.05, 4.69) is 101 Å². The summed E-state index contributed by atoms with van der Waals surface area (Å²) in [5.74, 6) is 1.01. The summed E-state index contributed by atoms with van der Waals surface area (Å²) in [5, 5.41) is 0. The molecule has 0 saturated heterocycles. The van der Waals surface area contributed by atoms with Gasteiger partial charge in [0, 0.05) is 0 Å². The van der Waals surface area contributed by atoms with Crippen LogP contribution in [-0.2, 0) is 0 Å². The number of rotatable bonds is 5. The van der Waals surface area contributed by atoms with Gasteiger partial charge >= 0.3 is 0 Å². The quantitative estimate of drug-likeness (QED) is 0.554. The van der Waals surface area contributed by atoms with Crippen LogP contribution in [0.2, 0.25) is 0 Å². The molecule has 0 radical (unpaired) electrons. The molecule has 0 amide bonds. The first-order chi connectivity index (χ1) is 10.6. The van der Waals surface area contributed by atoms with Crippen LogP contribution < -0.4 is 0 Å². The third-order valence-electron chi connectivity index (χ3n) is 3.66. The van der Waals surface area contributed by atoms with Crippen molar-refractivity contribution >= 4 is 11.1 Å². The molecule has 0 aliphatic rings. The highest BCUT2D eigenvalue weighted by Gasteiger charge is 2.08. The molecule has 2 aromatic carbocycles. The molecule has 0 heteroatoms. The molecule has 0 fully saturated rings. The Morgan fingerprint density at radius 3 is 1.68 bits per heavy atom. The fraction of sp³-hybridized carbons (Fsp3) is 0.273. The van der Waals surface area contributed by atoms with E-state index in [4.69, 9.17) is 0 Å². The molecule has 0 aliphatic carbocycles. The van der Waals surface area contributed by atoms with Crippen molar-refractivity contribution in [3.8, 4) is 0 Å². The molecule has 0 aliphatic heterocycles. The van der Waals surface area contributed by atoms with Gasteiger partial charge in [-0.25, -0.2) is 0 Å². The molecule has 0 saturated carbocycles. The zero-order valence-corrected chi connectivity index (χ0v) is 14.1. The molecule has 0 nitrogen and oxygen atoms in total. The average Bonchev–Trinajstić information content (AvgIpc) is 2.52. The van der Waals surface area contributed by atoms with Crippen LogP contribution in [0, 0.1) is 11.8 Å². The Kier molecular flexibility index (Phi) is 5.77. The molecule has 0 heterocycles. The van der Waals surface area contributed by atoms with Crippen LogP contribution in [-0.4, -0.2) is 0 Å². The summed E-state index contributed by atoms with van der Waals surface area (Å²) in [7, 11) is 0. The summed E-state index contributed by atoms with van der Waals surface area (Å²) in [6.07, 6.45) is 4.70. The lowest BCUT2D eigenvalue weighted by atomic mass is 9.90. The lowest BCUT2D eigenvalue weighted by molar-refractivity contribution is 0.833. The summed E-state index contributed by atoms with van der Waals surface area (Å²) < 4.78 is 0. The normalized spacial score (nSPS) is 13.0. The van der Waals surface area contributed by atoms with Crippen molar-refractivity contribution in [2.75, 3.05) is 0 Å². The Labute approximate surface area is 135 Å². The molecule has 0 atom stereocenters. The Balaban J connectivity index is 2.51. The number of allylic oxidation sites excluding steroid dienone is 4. The van der Waals surface area contributed by atoms with Crippen molar-refractivity contribution in [1.82, 2.24) is 0 Å². The average molecular weight is 290 g/mol. The van der Waals surface area contributed by atoms with E-state index >= 15 is 0 Å². The van der Waals surface area contributed by atoms with Crippen LogP contribution in [0.1, 0.15) is 38.8 Å². The number of hydrogen-bond acceptors (Lipinski definition) is 0. The Bertz CT molecular complexity index is 628. The first-order valence-corrected chi connectivity index (χ1v) is 8.12. The SMILES string of the molecule is CC(C)/C=C(\C=C(\c1ccccc1)C(C)C)c1ccccc1. The van der Waals surface area contributed by atoms with Gasteiger partial charge in [0.2, 0.25) is 0 Å². The summed E-state index contributed by atoms with van der Waals surface area (Å²) in [5.41, 5.74) is 5.29. The lowest BCUT2D eigenvalue weighted by Gasteiger charge is -2.14. The molecule has 2 aromatic rings. The van der Waals surface area contributed by atoms with Crippen LogP contribution in [0.3, 0.4) is 0 Å². The van der Waals surface area contributed by atoms with Crippen molar-refractivity contribution in [2.24, 2.45) is 11.8 Å². The van der Waals surface area contributed by atoms with Crippen molar-refractivity contribution in [3.05, 3.63) is 83.9 Å². The van der Waals surface area contributed by atoms with Crippen LogP contribution in [0.25, 0.3) is 11.1 Å². The zero-order valence-electron chi connectivity index (χ0n) is 14.1. The van der Waals surface area contributed by atoms with E-state index in [1.807, 2.05) is 0 Å². The van der Waals surface area contributed by atoms with E-state index in [9.17, 15) is 0 Å². The monoisotopic (exact) mass is 290 g/mol. The zero-order chi connectivity index (χ0) is 15.9. The highest BCUT2D eigenvalue weighted by molar-refractivity contribution is 5.84. The van der Waals surface area contributed by atoms with Gasteiger partial charge in [-0.3, -0.25) is 0 Å². The fourth-order valence-corrected chi connectivity index (χ4v) is 2.60. The standard InChI is InChI=1S/C22H26/c1-17(2)15-21(19-11-7-5-8-12-19)16-22(18(3)4)20-13-9-6-10-14-20/h5-18H,1-4H3/b21-15+,22-16+. The minimum atomic E-state index is 0.488. The van der Waals surface area contributed by atoms with Crippen LogP contribution >= 0.6 is 0 Å². The lowest BCUT2D eigenvalue weighted by Crippen LogP contribution is -1.96. The number of hydrogen-bond donors (Lipinski definition) is 0. The van der Waals surface area contributed by atoms with E-state index in [1.54, 1.807) is 0 Å². The van der Waals surface area contributed by atoms with Gasteiger partial charge in [0.15, 0.2) is 0 Å². The predicted molar refractivity (Wildman–Crippen MR) is 98.5 cm³/mol. The largest absolute Gasteiger partial charge is 0.0741 e. The van der Waals surface area contributed by atoms with Gasteiger partial charge in [-0.1, -0.05) is 101 Å². The van der Waals surface area contributed by atoms with E-state index in [1.165, 1.54) is 22.3 Å². The van der Waals surface area contributed by atoms with Gasteiger partial charge < -0.3 is 0 Å². The maximum atomic E-state index is 2.36. The molecule has 0 bridgehead atoms. The summed E-state index contributed by atoms with van der Waals surface area (Å²) in [6, 6.07) is 21.4. The summed E-state index contributed by atoms with van der Waals surface area (Å²) in [4.78, 5) is 0. The Morgan fingerprint density at radius 1 is 0.727 bits per heavy atom. The van der Waals surface area contributed by atoms with Gasteiger partial charge in [-0.2, -0.15) is 0 Å². The van der Waals surface area contributed by atoms with E-state index in [0.717, 1.165) is 0 Å². The number of benzene rings is 2. The molecule has 114 valence electrons. The van der Waals surface area contributed by atoms with Gasteiger partial charge in [-0.05, 0) is 34.1 Å². The third-order valence-corrected chi connectivity index (χ3v) is 3.66. The topological polar surface area (TPSA) is 0 Å². The minimum Gasteiger partial charge on any atom is -0.0741 e. The minimum absolute atomic E-state index is 0.488. The van der Waals surface area contributed by atoms with Crippen molar-refractivity contribution in [1.29, 1.82) is 0 Å². The van der Waals surface area contributed by atoms with Crippen LogP contribution in [0.4, 0.5) is 0 Å². The molecular weight excluding hydrogens is 264 g/mol. The Hall–Kier alpha value is -2.08. The molecule has 22 heavy (non-hydrogen) atoms. The highest BCUT2D eigenvalue weighted by atomic mass is 14.1. The van der Waals surface area contributed by atoms with Crippen LogP contribution in [0.5, 0.6) is 0 Å². The first-order valence-electron chi connectivity index (χ1n) is 8.12. The van der Waals surface area contributed by atoms with E-state index in [0.29, 0.717) is 11.8 Å². The maximum Gasteiger partial charge on any atom is -0.0187 e. The van der Waals surface area contributed by atoms with Crippen molar-refractivity contribution in [3.63, 3.8) is 0 Å². The molecule has 0 aromatic heterocycles. The fourth-order valence-electron chi connectivity index (χ4n) is 2.60. The van der Waals surface area contributed by atoms with Gasteiger partial charge in [0.1, 0.15) is 0 Å². The van der Waals surface area contributed by atoms with Gasteiger partial charge in [-0.15, -0.1) is 0 Å². The van der Waals surface area contributed by atoms with E-state index < -0.39 is 0 Å². The smallest absolute Gasteiger partial charge is 0.0187 e. The van der Waals surface area contributed by atoms with Gasteiger partial charge in [0.25, 0.3) is 0 Å². The van der Waals surface area contributed by atoms with Crippen molar-refractivity contribution < 1.29 is 0 Å². The van der Waals surface area contributed by atoms with Crippen molar-refractivity contribution in [2.45, 2.75) is 27.7 Å². The second-order valence-electron chi connectivity index (χ2n) is 6.35. The second-order valence-corrected chi connectivity index (χ2v) is 6.35. The first kappa shape index (κ1) is 16.3. The van der Waals surface area contributed by atoms with Gasteiger partial charge in [0.05, 0.1) is 0 Å². The highest BCUT2D eigenvalue weighted by Crippen LogP contribution is 2.28. The molecule has 2 rings (SSSR count). The molecule has 0 unspecified atom stereocenters. The summed E-state index contributed by atoms with van der Waals surface area (Å²) >= 11 is 0. The maximum absolute atomic E-state index is 2.36. The van der Waals surface area contributed by atoms with Crippen LogP contribution in [0.15, 0.2) is 72.8 Å². The molecule has 0 N–H and O–H groups in total. The molecular formula is C22H26. The van der Waals surface area contributed by atoms with E-state index in [-0.39, 0.29) is 0 Å².